The third kappa shape index (κ3) is 3.52. The Morgan fingerprint density at radius 2 is 1.83 bits per heavy atom. The summed E-state index contributed by atoms with van der Waals surface area (Å²) in [6.07, 6.45) is 2.83. The van der Waals surface area contributed by atoms with Crippen molar-refractivity contribution in [3.05, 3.63) is 53.3 Å². The van der Waals surface area contributed by atoms with Crippen LogP contribution in [0.1, 0.15) is 29.8 Å². The van der Waals surface area contributed by atoms with Gasteiger partial charge in [0.25, 0.3) is 0 Å². The van der Waals surface area contributed by atoms with Crippen molar-refractivity contribution >= 4 is 17.3 Å². The average molecular weight is 423 g/mol. The standard InChI is InChI=1S/C23H21NO5S/c1-4-28-18-7-6-14(9-19(18)29-5-2)22-24-17(12-30-22)20-13(3)8-15-10-27-11-16(21(15)20)23(25)26/h6-12H,4-5H2,1-3H3,(H,25,26). The predicted molar refractivity (Wildman–Crippen MR) is 116 cm³/mol. The van der Waals surface area contributed by atoms with E-state index in [-0.39, 0.29) is 5.56 Å². The minimum atomic E-state index is -1.03. The van der Waals surface area contributed by atoms with E-state index in [0.717, 1.165) is 33.0 Å². The molecule has 154 valence electrons. The molecule has 0 radical (unpaired) electrons. The Bertz CT molecular complexity index is 1180. The van der Waals surface area contributed by atoms with Crippen LogP contribution in [0.25, 0.3) is 33.0 Å². The molecule has 0 bridgehead atoms. The number of aryl methyl sites for hydroxylation is 1. The number of nitrogens with zero attached hydrogens (tertiary/aromatic N) is 1. The van der Waals surface area contributed by atoms with Gasteiger partial charge in [0.2, 0.25) is 0 Å². The number of aromatic nitrogens is 1. The molecule has 0 saturated carbocycles. The highest BCUT2D eigenvalue weighted by Gasteiger charge is 2.24. The molecule has 6 nitrogen and oxygen atoms in total. The number of carboxylic acid groups (broad SMARTS) is 1. The van der Waals surface area contributed by atoms with Crippen LogP contribution in [0.4, 0.5) is 0 Å². The van der Waals surface area contributed by atoms with Gasteiger partial charge in [0, 0.05) is 27.6 Å². The molecule has 0 spiro atoms. The van der Waals surface area contributed by atoms with Crippen molar-refractivity contribution in [2.45, 2.75) is 20.8 Å². The van der Waals surface area contributed by atoms with Crippen LogP contribution in [0.3, 0.4) is 0 Å². The van der Waals surface area contributed by atoms with Crippen LogP contribution in [0.2, 0.25) is 0 Å². The van der Waals surface area contributed by atoms with Crippen molar-refractivity contribution in [2.75, 3.05) is 13.2 Å². The highest BCUT2D eigenvalue weighted by Crippen LogP contribution is 2.43. The van der Waals surface area contributed by atoms with Gasteiger partial charge in [-0.05, 0) is 50.6 Å². The van der Waals surface area contributed by atoms with E-state index >= 15 is 0 Å². The van der Waals surface area contributed by atoms with Gasteiger partial charge in [-0.2, -0.15) is 0 Å². The first-order valence-electron chi connectivity index (χ1n) is 9.62. The maximum Gasteiger partial charge on any atom is 0.339 e. The predicted octanol–water partition coefficient (Wildman–Crippen LogP) is 5.98. The molecule has 1 aromatic carbocycles. The molecule has 1 aliphatic heterocycles. The molecule has 2 heterocycles. The normalized spacial score (nSPS) is 11.0. The third-order valence-electron chi connectivity index (χ3n) is 4.74. The number of carbonyl (C=O) groups is 1. The molecule has 0 atom stereocenters. The molecule has 0 unspecified atom stereocenters. The minimum Gasteiger partial charge on any atom is -0.490 e. The molecule has 0 amide bonds. The maximum atomic E-state index is 11.7. The van der Waals surface area contributed by atoms with E-state index in [1.165, 1.54) is 17.6 Å². The fraction of sp³-hybridized carbons (Fsp3) is 0.217. The van der Waals surface area contributed by atoms with E-state index in [0.29, 0.717) is 30.3 Å². The van der Waals surface area contributed by atoms with Crippen LogP contribution in [0, 0.1) is 6.92 Å². The zero-order chi connectivity index (χ0) is 21.3. The molecular weight excluding hydrogens is 402 g/mol. The fourth-order valence-corrected chi connectivity index (χ4v) is 4.34. The molecule has 0 saturated heterocycles. The highest BCUT2D eigenvalue weighted by atomic mass is 32.1. The van der Waals surface area contributed by atoms with E-state index in [1.807, 2.05) is 50.4 Å². The second-order valence-corrected chi connectivity index (χ2v) is 7.55. The number of fused-ring (bicyclic) bond motifs is 1. The number of hydrogen-bond acceptors (Lipinski definition) is 6. The summed E-state index contributed by atoms with van der Waals surface area (Å²) in [6.45, 7) is 6.90. The summed E-state index contributed by atoms with van der Waals surface area (Å²) in [5, 5.41) is 12.4. The Morgan fingerprint density at radius 3 is 2.57 bits per heavy atom. The lowest BCUT2D eigenvalue weighted by molar-refractivity contribution is 0.0695. The molecule has 7 heteroatoms. The summed E-state index contributed by atoms with van der Waals surface area (Å²) in [7, 11) is 0. The first-order valence-corrected chi connectivity index (χ1v) is 10.5. The largest absolute Gasteiger partial charge is 0.490 e. The van der Waals surface area contributed by atoms with Gasteiger partial charge in [0.1, 0.15) is 16.8 Å². The van der Waals surface area contributed by atoms with Crippen LogP contribution < -0.4 is 9.47 Å². The van der Waals surface area contributed by atoms with Gasteiger partial charge in [-0.1, -0.05) is 0 Å². The van der Waals surface area contributed by atoms with Crippen LogP contribution in [-0.2, 0) is 0 Å². The molecule has 2 aliphatic rings. The Balaban J connectivity index is 1.78. The van der Waals surface area contributed by atoms with Gasteiger partial charge in [0.05, 0.1) is 25.2 Å². The highest BCUT2D eigenvalue weighted by molar-refractivity contribution is 7.13. The SMILES string of the molecule is CCOc1ccc(-c2nc(-c3c(C)cc4cocc(C(=O)O)c3-4)cs2)cc1OCC. The summed E-state index contributed by atoms with van der Waals surface area (Å²) in [5.41, 5.74) is 4.94. The average Bonchev–Trinajstić information content (AvgIpc) is 3.32. The second kappa shape index (κ2) is 8.20. The first kappa shape index (κ1) is 20.0. The summed E-state index contributed by atoms with van der Waals surface area (Å²) in [6, 6.07) is 7.68. The second-order valence-electron chi connectivity index (χ2n) is 6.69. The molecule has 1 N–H and O–H groups in total. The van der Waals surface area contributed by atoms with E-state index in [4.69, 9.17) is 18.9 Å². The molecule has 0 fully saturated rings. The smallest absolute Gasteiger partial charge is 0.339 e. The summed E-state index contributed by atoms with van der Waals surface area (Å²) in [5.74, 6) is 0.352. The Hall–Kier alpha value is -3.32. The quantitative estimate of drug-likeness (QED) is 0.394. The molecule has 30 heavy (non-hydrogen) atoms. The monoisotopic (exact) mass is 423 g/mol. The number of benzene rings is 1. The van der Waals surface area contributed by atoms with E-state index in [1.54, 1.807) is 6.26 Å². The molecular formula is C23H21NO5S. The lowest BCUT2D eigenvalue weighted by Crippen LogP contribution is -1.99. The Morgan fingerprint density at radius 1 is 1.07 bits per heavy atom. The van der Waals surface area contributed by atoms with E-state index in [9.17, 15) is 9.90 Å². The van der Waals surface area contributed by atoms with Gasteiger partial charge in [-0.25, -0.2) is 9.78 Å². The summed E-state index contributed by atoms with van der Waals surface area (Å²) < 4.78 is 16.6. The number of hydrogen-bond donors (Lipinski definition) is 1. The summed E-state index contributed by atoms with van der Waals surface area (Å²) in [4.78, 5) is 16.5. The van der Waals surface area contributed by atoms with Crippen LogP contribution in [0.5, 0.6) is 11.5 Å². The van der Waals surface area contributed by atoms with Gasteiger partial charge in [-0.3, -0.25) is 0 Å². The number of ether oxygens (including phenoxy) is 2. The van der Waals surface area contributed by atoms with Gasteiger partial charge < -0.3 is 19.0 Å². The minimum absolute atomic E-state index is 0.129. The van der Waals surface area contributed by atoms with Crippen molar-refractivity contribution in [3.63, 3.8) is 0 Å². The van der Waals surface area contributed by atoms with Crippen molar-refractivity contribution in [1.82, 2.24) is 4.98 Å². The molecule has 2 aromatic rings. The number of aromatic carboxylic acids is 1. The lowest BCUT2D eigenvalue weighted by atomic mass is 10.0. The fourth-order valence-electron chi connectivity index (χ4n) is 3.53. The van der Waals surface area contributed by atoms with Crippen LogP contribution in [-0.4, -0.2) is 29.3 Å². The number of thiazole rings is 1. The zero-order valence-electron chi connectivity index (χ0n) is 16.9. The van der Waals surface area contributed by atoms with Gasteiger partial charge in [-0.15, -0.1) is 11.3 Å². The molecule has 1 aromatic heterocycles. The van der Waals surface area contributed by atoms with Crippen molar-refractivity contribution in [1.29, 1.82) is 0 Å². The van der Waals surface area contributed by atoms with Gasteiger partial charge >= 0.3 is 5.97 Å². The van der Waals surface area contributed by atoms with E-state index in [2.05, 4.69) is 0 Å². The topological polar surface area (TPSA) is 81.8 Å². The third-order valence-corrected chi connectivity index (χ3v) is 5.63. The number of rotatable bonds is 7. The van der Waals surface area contributed by atoms with Crippen molar-refractivity contribution in [3.8, 4) is 44.5 Å². The van der Waals surface area contributed by atoms with Crippen molar-refractivity contribution in [2.24, 2.45) is 0 Å². The number of carboxylic acids is 1. The maximum absolute atomic E-state index is 11.7. The van der Waals surface area contributed by atoms with Crippen molar-refractivity contribution < 1.29 is 23.8 Å². The zero-order valence-corrected chi connectivity index (χ0v) is 17.7. The van der Waals surface area contributed by atoms with E-state index < -0.39 is 5.97 Å². The van der Waals surface area contributed by atoms with Crippen LogP contribution >= 0.6 is 11.3 Å². The van der Waals surface area contributed by atoms with Gasteiger partial charge in [0.15, 0.2) is 11.5 Å². The Kier molecular flexibility index (Phi) is 5.46. The first-order chi connectivity index (χ1) is 14.5. The molecule has 1 aliphatic carbocycles. The van der Waals surface area contributed by atoms with Crippen LogP contribution in [0.15, 0.2) is 46.6 Å². The Labute approximate surface area is 178 Å². The molecule has 4 rings (SSSR count). The lowest BCUT2D eigenvalue weighted by Gasteiger charge is -2.11. The summed E-state index contributed by atoms with van der Waals surface area (Å²) >= 11 is 1.50.